The summed E-state index contributed by atoms with van der Waals surface area (Å²) in [5, 5.41) is 0. The highest BCUT2D eigenvalue weighted by Crippen LogP contribution is 2.26. The van der Waals surface area contributed by atoms with Gasteiger partial charge in [0.2, 0.25) is 0 Å². The molecule has 0 radical (unpaired) electrons. The molecule has 3 nitrogen and oxygen atoms in total. The fraction of sp³-hybridized carbons (Fsp3) is 0.250. The Morgan fingerprint density at radius 1 is 1.47 bits per heavy atom. The lowest BCUT2D eigenvalue weighted by Crippen LogP contribution is -2.30. The van der Waals surface area contributed by atoms with E-state index >= 15 is 0 Å². The van der Waals surface area contributed by atoms with E-state index in [4.69, 9.17) is 17.4 Å². The standard InChI is InChI=1S/C12H14ClN3S/c1-8-10(3-2-6-15-8)11(16-14)7-9-4-5-12(13)17-9/h2-6,11,16H,7,14H2,1H3. The Balaban J connectivity index is 2.20. The van der Waals surface area contributed by atoms with Crippen LogP contribution in [-0.2, 0) is 6.42 Å². The van der Waals surface area contributed by atoms with E-state index in [0.717, 1.165) is 22.0 Å². The van der Waals surface area contributed by atoms with Crippen molar-refractivity contribution in [2.45, 2.75) is 19.4 Å². The molecule has 1 atom stereocenters. The molecule has 3 N–H and O–H groups in total. The Morgan fingerprint density at radius 2 is 2.29 bits per heavy atom. The molecule has 0 bridgehead atoms. The number of hydrazine groups is 1. The minimum absolute atomic E-state index is 0.0680. The van der Waals surface area contributed by atoms with E-state index < -0.39 is 0 Å². The number of nitrogens with zero attached hydrogens (tertiary/aromatic N) is 1. The predicted octanol–water partition coefficient (Wildman–Crippen LogP) is 2.85. The Bertz CT molecular complexity index is 498. The van der Waals surface area contributed by atoms with E-state index in [1.807, 2.05) is 31.2 Å². The lowest BCUT2D eigenvalue weighted by atomic mass is 10.0. The highest BCUT2D eigenvalue weighted by Gasteiger charge is 2.14. The first-order valence-electron chi connectivity index (χ1n) is 5.32. The van der Waals surface area contributed by atoms with E-state index in [0.29, 0.717) is 0 Å². The van der Waals surface area contributed by atoms with Crippen LogP contribution in [-0.4, -0.2) is 4.98 Å². The number of halogens is 1. The number of hydrogen-bond donors (Lipinski definition) is 2. The monoisotopic (exact) mass is 267 g/mol. The highest BCUT2D eigenvalue weighted by molar-refractivity contribution is 7.16. The summed E-state index contributed by atoms with van der Waals surface area (Å²) >= 11 is 7.50. The third-order valence-electron chi connectivity index (χ3n) is 2.66. The van der Waals surface area contributed by atoms with Gasteiger partial charge in [0.25, 0.3) is 0 Å². The fourth-order valence-corrected chi connectivity index (χ4v) is 2.92. The molecule has 90 valence electrons. The van der Waals surface area contributed by atoms with Gasteiger partial charge >= 0.3 is 0 Å². The highest BCUT2D eigenvalue weighted by atomic mass is 35.5. The molecule has 0 fully saturated rings. The summed E-state index contributed by atoms with van der Waals surface area (Å²) in [6.07, 6.45) is 2.61. The second-order valence-electron chi connectivity index (χ2n) is 3.81. The van der Waals surface area contributed by atoms with Crippen LogP contribution >= 0.6 is 22.9 Å². The first kappa shape index (κ1) is 12.5. The average Bonchev–Trinajstić information content (AvgIpc) is 2.73. The topological polar surface area (TPSA) is 50.9 Å². The van der Waals surface area contributed by atoms with Gasteiger partial charge < -0.3 is 0 Å². The predicted molar refractivity (Wildman–Crippen MR) is 72.1 cm³/mol. The summed E-state index contributed by atoms with van der Waals surface area (Å²) in [5.41, 5.74) is 4.96. The number of aryl methyl sites for hydroxylation is 1. The largest absolute Gasteiger partial charge is 0.271 e. The van der Waals surface area contributed by atoms with Gasteiger partial charge in [-0.05, 0) is 30.7 Å². The van der Waals surface area contributed by atoms with Crippen LogP contribution < -0.4 is 11.3 Å². The minimum Gasteiger partial charge on any atom is -0.271 e. The number of nitrogens with two attached hydrogens (primary N) is 1. The first-order valence-corrected chi connectivity index (χ1v) is 6.52. The lowest BCUT2D eigenvalue weighted by Gasteiger charge is -2.16. The zero-order valence-electron chi connectivity index (χ0n) is 9.48. The molecule has 17 heavy (non-hydrogen) atoms. The Morgan fingerprint density at radius 3 is 2.88 bits per heavy atom. The van der Waals surface area contributed by atoms with Gasteiger partial charge in [-0.1, -0.05) is 17.7 Å². The van der Waals surface area contributed by atoms with Crippen LogP contribution in [0.15, 0.2) is 30.5 Å². The maximum absolute atomic E-state index is 5.92. The Labute approximate surface area is 110 Å². The van der Waals surface area contributed by atoms with Crippen molar-refractivity contribution in [3.05, 3.63) is 50.9 Å². The molecule has 2 rings (SSSR count). The number of aromatic nitrogens is 1. The Hall–Kier alpha value is -0.940. The van der Waals surface area contributed by atoms with Gasteiger partial charge in [0.05, 0.1) is 10.4 Å². The summed E-state index contributed by atoms with van der Waals surface area (Å²) in [6.45, 7) is 1.99. The van der Waals surface area contributed by atoms with Gasteiger partial charge in [0, 0.05) is 23.2 Å². The summed E-state index contributed by atoms with van der Waals surface area (Å²) in [7, 11) is 0. The third kappa shape index (κ3) is 3.04. The number of pyridine rings is 1. The summed E-state index contributed by atoms with van der Waals surface area (Å²) in [4.78, 5) is 5.49. The molecule has 2 aromatic heterocycles. The summed E-state index contributed by atoms with van der Waals surface area (Å²) < 4.78 is 0.804. The number of rotatable bonds is 4. The molecular weight excluding hydrogens is 254 g/mol. The van der Waals surface area contributed by atoms with E-state index in [1.165, 1.54) is 4.88 Å². The van der Waals surface area contributed by atoms with Crippen molar-refractivity contribution in [1.29, 1.82) is 0 Å². The normalized spacial score (nSPS) is 12.6. The first-order chi connectivity index (χ1) is 8.20. The third-order valence-corrected chi connectivity index (χ3v) is 3.91. The molecule has 0 spiro atoms. The maximum Gasteiger partial charge on any atom is 0.0931 e. The number of hydrogen-bond acceptors (Lipinski definition) is 4. The molecule has 1 unspecified atom stereocenters. The molecule has 0 saturated carbocycles. The number of nitrogens with one attached hydrogen (secondary N) is 1. The molecule has 0 aromatic carbocycles. The van der Waals surface area contributed by atoms with Crippen molar-refractivity contribution in [1.82, 2.24) is 10.4 Å². The smallest absolute Gasteiger partial charge is 0.0931 e. The van der Waals surface area contributed by atoms with Gasteiger partial charge in [-0.2, -0.15) is 0 Å². The summed E-state index contributed by atoms with van der Waals surface area (Å²) in [6, 6.07) is 7.98. The zero-order valence-corrected chi connectivity index (χ0v) is 11.1. The fourth-order valence-electron chi connectivity index (χ4n) is 1.79. The molecular formula is C12H14ClN3S. The molecule has 2 heterocycles. The van der Waals surface area contributed by atoms with Crippen LogP contribution in [0.1, 0.15) is 22.2 Å². The zero-order chi connectivity index (χ0) is 12.3. The van der Waals surface area contributed by atoms with Crippen molar-refractivity contribution in [3.63, 3.8) is 0 Å². The van der Waals surface area contributed by atoms with Gasteiger partial charge in [0.15, 0.2) is 0 Å². The van der Waals surface area contributed by atoms with Crippen LogP contribution in [0.5, 0.6) is 0 Å². The lowest BCUT2D eigenvalue weighted by molar-refractivity contribution is 0.550. The molecule has 0 amide bonds. The van der Waals surface area contributed by atoms with E-state index in [-0.39, 0.29) is 6.04 Å². The van der Waals surface area contributed by atoms with E-state index in [2.05, 4.69) is 10.4 Å². The van der Waals surface area contributed by atoms with Crippen LogP contribution in [0.4, 0.5) is 0 Å². The van der Waals surface area contributed by atoms with Gasteiger partial charge in [-0.15, -0.1) is 11.3 Å². The SMILES string of the molecule is Cc1ncccc1C(Cc1ccc(Cl)s1)NN. The van der Waals surface area contributed by atoms with Gasteiger partial charge in [-0.25, -0.2) is 0 Å². The van der Waals surface area contributed by atoms with Crippen molar-refractivity contribution < 1.29 is 0 Å². The maximum atomic E-state index is 5.92. The quantitative estimate of drug-likeness (QED) is 0.662. The molecule has 0 aliphatic carbocycles. The average molecular weight is 268 g/mol. The Kier molecular flexibility index (Phi) is 4.12. The van der Waals surface area contributed by atoms with Crippen LogP contribution in [0.2, 0.25) is 4.34 Å². The van der Waals surface area contributed by atoms with Crippen molar-refractivity contribution in [2.75, 3.05) is 0 Å². The van der Waals surface area contributed by atoms with E-state index in [9.17, 15) is 0 Å². The molecule has 2 aromatic rings. The van der Waals surface area contributed by atoms with Crippen molar-refractivity contribution in [2.24, 2.45) is 5.84 Å². The summed E-state index contributed by atoms with van der Waals surface area (Å²) in [5.74, 6) is 5.62. The number of thiophene rings is 1. The molecule has 0 aliphatic rings. The minimum atomic E-state index is 0.0680. The van der Waals surface area contributed by atoms with Crippen LogP contribution in [0.25, 0.3) is 0 Å². The van der Waals surface area contributed by atoms with Crippen molar-refractivity contribution in [3.8, 4) is 0 Å². The van der Waals surface area contributed by atoms with Gasteiger partial charge in [0.1, 0.15) is 0 Å². The van der Waals surface area contributed by atoms with Crippen LogP contribution in [0, 0.1) is 6.92 Å². The second kappa shape index (κ2) is 5.60. The van der Waals surface area contributed by atoms with Gasteiger partial charge in [-0.3, -0.25) is 16.3 Å². The molecule has 5 heteroatoms. The molecule has 0 saturated heterocycles. The van der Waals surface area contributed by atoms with Crippen molar-refractivity contribution >= 4 is 22.9 Å². The second-order valence-corrected chi connectivity index (χ2v) is 5.61. The van der Waals surface area contributed by atoms with E-state index in [1.54, 1.807) is 17.5 Å². The molecule has 0 aliphatic heterocycles. The van der Waals surface area contributed by atoms with Crippen LogP contribution in [0.3, 0.4) is 0 Å².